The molecular formula is C26H19BrF2N2O4. The van der Waals surface area contributed by atoms with E-state index in [0.717, 1.165) is 17.2 Å². The van der Waals surface area contributed by atoms with Crippen molar-refractivity contribution in [2.75, 3.05) is 11.5 Å². The number of halogens is 3. The van der Waals surface area contributed by atoms with E-state index >= 15 is 0 Å². The van der Waals surface area contributed by atoms with Crippen molar-refractivity contribution in [1.82, 2.24) is 5.32 Å². The topological polar surface area (TPSA) is 75.7 Å². The minimum Gasteiger partial charge on any atom is -0.494 e. The highest BCUT2D eigenvalue weighted by molar-refractivity contribution is 9.10. The van der Waals surface area contributed by atoms with E-state index in [9.17, 15) is 23.2 Å². The summed E-state index contributed by atoms with van der Waals surface area (Å²) in [6.07, 6.45) is 1.68. The van der Waals surface area contributed by atoms with Gasteiger partial charge in [0.25, 0.3) is 11.8 Å². The molecule has 4 amide bonds. The second kappa shape index (κ2) is 10.2. The summed E-state index contributed by atoms with van der Waals surface area (Å²) in [5, 5.41) is 2.07. The Morgan fingerprint density at radius 2 is 1.80 bits per heavy atom. The maximum Gasteiger partial charge on any atom is 0.336 e. The van der Waals surface area contributed by atoms with Gasteiger partial charge in [-0.2, -0.15) is 0 Å². The Morgan fingerprint density at radius 3 is 2.51 bits per heavy atom. The maximum absolute atomic E-state index is 14.3. The lowest BCUT2D eigenvalue weighted by atomic mass is 10.0. The van der Waals surface area contributed by atoms with Gasteiger partial charge >= 0.3 is 6.03 Å². The molecule has 1 saturated heterocycles. The molecule has 1 aliphatic heterocycles. The van der Waals surface area contributed by atoms with Crippen LogP contribution in [0.5, 0.6) is 5.75 Å². The molecule has 3 aromatic rings. The molecule has 0 atom stereocenters. The molecule has 6 nitrogen and oxygen atoms in total. The Balaban J connectivity index is 1.73. The number of ether oxygens (including phenoxy) is 1. The van der Waals surface area contributed by atoms with Crippen LogP contribution in [0.3, 0.4) is 0 Å². The van der Waals surface area contributed by atoms with Crippen molar-refractivity contribution < 1.29 is 27.9 Å². The molecular weight excluding hydrogens is 522 g/mol. The summed E-state index contributed by atoms with van der Waals surface area (Å²) in [6.45, 7) is 2.15. The molecule has 0 spiro atoms. The van der Waals surface area contributed by atoms with Crippen molar-refractivity contribution in [3.05, 3.63) is 99.0 Å². The minimum absolute atomic E-state index is 0.268. The molecule has 178 valence electrons. The van der Waals surface area contributed by atoms with Crippen LogP contribution in [0.15, 0.2) is 70.7 Å². The monoisotopic (exact) mass is 540 g/mol. The number of carbonyl (C=O) groups is 3. The van der Waals surface area contributed by atoms with Crippen molar-refractivity contribution in [1.29, 1.82) is 0 Å². The van der Waals surface area contributed by atoms with Gasteiger partial charge in [-0.15, -0.1) is 0 Å². The smallest absolute Gasteiger partial charge is 0.336 e. The van der Waals surface area contributed by atoms with Crippen LogP contribution >= 0.6 is 15.9 Å². The first-order chi connectivity index (χ1) is 16.8. The molecule has 0 unspecified atom stereocenters. The number of amides is 4. The molecule has 0 radical (unpaired) electrons. The third kappa shape index (κ3) is 5.14. The first kappa shape index (κ1) is 24.3. The van der Waals surface area contributed by atoms with E-state index in [2.05, 4.69) is 21.2 Å². The summed E-state index contributed by atoms with van der Waals surface area (Å²) >= 11 is 3.50. The lowest BCUT2D eigenvalue weighted by Crippen LogP contribution is -2.54. The quantitative estimate of drug-likeness (QED) is 0.336. The highest BCUT2D eigenvalue weighted by Gasteiger charge is 2.38. The van der Waals surface area contributed by atoms with Gasteiger partial charge in [0, 0.05) is 16.5 Å². The van der Waals surface area contributed by atoms with Crippen LogP contribution in [0.25, 0.3) is 6.08 Å². The zero-order valence-electron chi connectivity index (χ0n) is 18.5. The minimum atomic E-state index is -1.04. The first-order valence-corrected chi connectivity index (χ1v) is 11.4. The highest BCUT2D eigenvalue weighted by atomic mass is 79.9. The molecule has 1 N–H and O–H groups in total. The number of anilines is 1. The largest absolute Gasteiger partial charge is 0.494 e. The van der Waals surface area contributed by atoms with E-state index in [4.69, 9.17) is 4.74 Å². The third-order valence-electron chi connectivity index (χ3n) is 5.25. The van der Waals surface area contributed by atoms with Crippen molar-refractivity contribution in [3.8, 4) is 5.75 Å². The van der Waals surface area contributed by atoms with Crippen molar-refractivity contribution in [2.24, 2.45) is 0 Å². The number of para-hydroxylation sites is 1. The van der Waals surface area contributed by atoms with E-state index in [1.807, 2.05) is 0 Å². The number of hydrogen-bond donors (Lipinski definition) is 1. The van der Waals surface area contributed by atoms with Crippen LogP contribution in [0.1, 0.15) is 23.6 Å². The van der Waals surface area contributed by atoms with Crippen LogP contribution in [-0.4, -0.2) is 24.5 Å². The van der Waals surface area contributed by atoms with Crippen LogP contribution in [0.2, 0.25) is 0 Å². The Kier molecular flexibility index (Phi) is 7.07. The number of nitrogens with zero attached hydrogens (tertiary/aromatic N) is 1. The molecule has 1 aliphatic rings. The fourth-order valence-electron chi connectivity index (χ4n) is 3.70. The summed E-state index contributed by atoms with van der Waals surface area (Å²) in [4.78, 5) is 38.5. The third-order valence-corrected chi connectivity index (χ3v) is 5.96. The SMILES string of the molecule is CCOc1cc(/C=C2/C(=O)NC(=O)N(c3ccccc3F)C2=O)cc(Br)c1Cc1cccc(F)c1. The van der Waals surface area contributed by atoms with Crippen LogP contribution in [0.4, 0.5) is 19.3 Å². The molecule has 4 rings (SSSR count). The average Bonchev–Trinajstić information content (AvgIpc) is 2.80. The summed E-state index contributed by atoms with van der Waals surface area (Å²) in [5.41, 5.74) is 1.31. The summed E-state index contributed by atoms with van der Waals surface area (Å²) in [7, 11) is 0. The molecule has 0 saturated carbocycles. The number of carbonyl (C=O) groups excluding carboxylic acids is 3. The number of rotatable bonds is 6. The molecule has 3 aromatic carbocycles. The van der Waals surface area contributed by atoms with Crippen molar-refractivity contribution in [3.63, 3.8) is 0 Å². The Hall–Kier alpha value is -3.85. The second-order valence-electron chi connectivity index (χ2n) is 7.63. The summed E-state index contributed by atoms with van der Waals surface area (Å²) in [6, 6.07) is 13.7. The predicted molar refractivity (Wildman–Crippen MR) is 130 cm³/mol. The van der Waals surface area contributed by atoms with Gasteiger partial charge in [-0.05, 0) is 60.5 Å². The molecule has 1 heterocycles. The van der Waals surface area contributed by atoms with Gasteiger partial charge < -0.3 is 4.74 Å². The number of urea groups is 1. The second-order valence-corrected chi connectivity index (χ2v) is 8.48. The van der Waals surface area contributed by atoms with Crippen LogP contribution < -0.4 is 15.0 Å². The fourth-order valence-corrected chi connectivity index (χ4v) is 4.30. The number of barbiturate groups is 1. The summed E-state index contributed by atoms with van der Waals surface area (Å²) in [5.74, 6) is -2.52. The van der Waals surface area contributed by atoms with Crippen LogP contribution in [0, 0.1) is 11.6 Å². The molecule has 35 heavy (non-hydrogen) atoms. The van der Waals surface area contributed by atoms with E-state index in [1.54, 1.807) is 31.2 Å². The van der Waals surface area contributed by atoms with Gasteiger partial charge in [-0.3, -0.25) is 14.9 Å². The average molecular weight is 541 g/mol. The molecule has 0 bridgehead atoms. The molecule has 9 heteroatoms. The van der Waals surface area contributed by atoms with E-state index < -0.39 is 23.7 Å². The Bertz CT molecular complexity index is 1370. The van der Waals surface area contributed by atoms with E-state index in [0.29, 0.717) is 33.7 Å². The zero-order chi connectivity index (χ0) is 25.1. The predicted octanol–water partition coefficient (Wildman–Crippen LogP) is 5.38. The van der Waals surface area contributed by atoms with E-state index in [1.165, 1.54) is 36.4 Å². The standard InChI is InChI=1S/C26H19BrF2N2O4/c1-2-35-23-14-16(13-20(27)18(23)11-15-6-5-7-17(28)10-15)12-19-24(32)30-26(34)31(25(19)33)22-9-4-3-8-21(22)29/h3-10,12-14H,2,11H2,1H3,(H,30,32,34)/b19-12-. The van der Waals surface area contributed by atoms with E-state index in [-0.39, 0.29) is 17.1 Å². The number of nitrogens with one attached hydrogen (secondary N) is 1. The van der Waals surface area contributed by atoms with Gasteiger partial charge in [-0.25, -0.2) is 18.5 Å². The van der Waals surface area contributed by atoms with Gasteiger partial charge in [0.1, 0.15) is 23.0 Å². The van der Waals surface area contributed by atoms with Crippen molar-refractivity contribution in [2.45, 2.75) is 13.3 Å². The Morgan fingerprint density at radius 1 is 1.03 bits per heavy atom. The molecule has 1 fully saturated rings. The van der Waals surface area contributed by atoms with Crippen molar-refractivity contribution >= 4 is 45.5 Å². The van der Waals surface area contributed by atoms with Crippen LogP contribution in [-0.2, 0) is 16.0 Å². The molecule has 0 aromatic heterocycles. The first-order valence-electron chi connectivity index (χ1n) is 10.6. The highest BCUT2D eigenvalue weighted by Crippen LogP contribution is 2.33. The number of benzene rings is 3. The van der Waals surface area contributed by atoms with Gasteiger partial charge in [-0.1, -0.05) is 40.2 Å². The maximum atomic E-state index is 14.3. The number of imide groups is 2. The zero-order valence-corrected chi connectivity index (χ0v) is 20.1. The number of hydrogen-bond acceptors (Lipinski definition) is 4. The molecule has 0 aliphatic carbocycles. The Labute approximate surface area is 208 Å². The lowest BCUT2D eigenvalue weighted by Gasteiger charge is -2.26. The summed E-state index contributed by atoms with van der Waals surface area (Å²) < 4.78 is 34.3. The lowest BCUT2D eigenvalue weighted by molar-refractivity contribution is -0.122. The van der Waals surface area contributed by atoms with Gasteiger partial charge in [0.15, 0.2) is 0 Å². The normalized spacial score (nSPS) is 14.9. The van der Waals surface area contributed by atoms with Gasteiger partial charge in [0.2, 0.25) is 0 Å². The fraction of sp³-hybridized carbons (Fsp3) is 0.115. The van der Waals surface area contributed by atoms with Gasteiger partial charge in [0.05, 0.1) is 12.3 Å².